The summed E-state index contributed by atoms with van der Waals surface area (Å²) in [6, 6.07) is 7.67. The van der Waals surface area contributed by atoms with Crippen LogP contribution in [0.25, 0.3) is 0 Å². The molecule has 27 heavy (non-hydrogen) atoms. The van der Waals surface area contributed by atoms with Gasteiger partial charge >= 0.3 is 19.0 Å². The maximum Gasteiger partial charge on any atom is 0.335 e. The molecule has 0 bridgehead atoms. The lowest BCUT2D eigenvalue weighted by atomic mass is 10.2. The molecular formula is C19H27F2O5P. The molecule has 152 valence electrons. The molecule has 1 aromatic carbocycles. The molecule has 0 spiro atoms. The van der Waals surface area contributed by atoms with E-state index in [1.165, 1.54) is 26.0 Å². The van der Waals surface area contributed by atoms with Gasteiger partial charge in [-0.15, -0.1) is 0 Å². The van der Waals surface area contributed by atoms with Gasteiger partial charge in [0.1, 0.15) is 5.75 Å². The van der Waals surface area contributed by atoms with E-state index in [0.29, 0.717) is 5.57 Å². The third-order valence-electron chi connectivity index (χ3n) is 3.71. The maximum absolute atomic E-state index is 14.9. The SMILES string of the molecule is C/C(=C\CC(F)(F)P(=O)(CC(C)C(=O)OC(C)C)Oc1ccccc1)CO. The number of ether oxygens (including phenoxy) is 1. The van der Waals surface area contributed by atoms with Crippen LogP contribution in [0.2, 0.25) is 0 Å². The van der Waals surface area contributed by atoms with Crippen LogP contribution in [0.5, 0.6) is 5.75 Å². The highest BCUT2D eigenvalue weighted by atomic mass is 31.2. The first-order chi connectivity index (χ1) is 12.5. The molecular weight excluding hydrogens is 377 g/mol. The van der Waals surface area contributed by atoms with Gasteiger partial charge in [-0.05, 0) is 32.9 Å². The van der Waals surface area contributed by atoms with Gasteiger partial charge in [0.25, 0.3) is 0 Å². The van der Waals surface area contributed by atoms with Crippen molar-refractivity contribution in [2.24, 2.45) is 5.92 Å². The Balaban J connectivity index is 3.15. The number of para-hydroxylation sites is 1. The van der Waals surface area contributed by atoms with Gasteiger partial charge < -0.3 is 14.4 Å². The molecule has 8 heteroatoms. The smallest absolute Gasteiger partial charge is 0.335 e. The first kappa shape index (κ1) is 23.3. The van der Waals surface area contributed by atoms with E-state index < -0.39 is 43.6 Å². The molecule has 0 aliphatic rings. The molecule has 1 rings (SSSR count). The Hall–Kier alpha value is -1.72. The first-order valence-corrected chi connectivity index (χ1v) is 10.5. The Morgan fingerprint density at radius 2 is 1.85 bits per heavy atom. The van der Waals surface area contributed by atoms with E-state index >= 15 is 0 Å². The molecule has 0 aliphatic carbocycles. The molecule has 0 aliphatic heterocycles. The van der Waals surface area contributed by atoms with E-state index in [0.717, 1.165) is 6.08 Å². The summed E-state index contributed by atoms with van der Waals surface area (Å²) in [4.78, 5) is 12.0. The molecule has 0 saturated carbocycles. The first-order valence-electron chi connectivity index (χ1n) is 8.69. The second-order valence-electron chi connectivity index (χ2n) is 6.73. The van der Waals surface area contributed by atoms with Crippen LogP contribution in [-0.2, 0) is 14.1 Å². The molecule has 0 aromatic heterocycles. The third-order valence-corrected chi connectivity index (χ3v) is 6.42. The molecule has 0 heterocycles. The Bertz CT molecular complexity index is 689. The van der Waals surface area contributed by atoms with E-state index in [9.17, 15) is 18.1 Å². The molecule has 0 radical (unpaired) electrons. The van der Waals surface area contributed by atoms with Gasteiger partial charge in [-0.25, -0.2) is 0 Å². The summed E-state index contributed by atoms with van der Waals surface area (Å²) < 4.78 is 53.3. The van der Waals surface area contributed by atoms with E-state index in [2.05, 4.69) is 0 Å². The van der Waals surface area contributed by atoms with Gasteiger partial charge in [0.05, 0.1) is 24.8 Å². The van der Waals surface area contributed by atoms with Crippen molar-refractivity contribution in [1.29, 1.82) is 0 Å². The Kier molecular flexibility index (Phi) is 8.63. The number of carbonyl (C=O) groups is 1. The maximum atomic E-state index is 14.9. The highest BCUT2D eigenvalue weighted by Gasteiger charge is 2.53. The zero-order chi connectivity index (χ0) is 20.7. The third kappa shape index (κ3) is 7.07. The normalized spacial score (nSPS) is 15.9. The second kappa shape index (κ2) is 10.00. The highest BCUT2D eigenvalue weighted by Crippen LogP contribution is 2.63. The summed E-state index contributed by atoms with van der Waals surface area (Å²) in [5, 5.41) is 9.00. The number of rotatable bonds is 10. The van der Waals surface area contributed by atoms with Crippen LogP contribution in [0.4, 0.5) is 8.78 Å². The van der Waals surface area contributed by atoms with Crippen molar-refractivity contribution in [2.75, 3.05) is 12.8 Å². The number of carbonyl (C=O) groups excluding carboxylic acids is 1. The molecule has 0 fully saturated rings. The number of allylic oxidation sites excluding steroid dienone is 1. The van der Waals surface area contributed by atoms with Crippen LogP contribution in [-0.4, -0.2) is 35.6 Å². The minimum atomic E-state index is -4.62. The molecule has 2 atom stereocenters. The van der Waals surface area contributed by atoms with Crippen molar-refractivity contribution < 1.29 is 32.5 Å². The minimum Gasteiger partial charge on any atom is -0.463 e. The molecule has 0 saturated heterocycles. The summed E-state index contributed by atoms with van der Waals surface area (Å²) in [5.41, 5.74) is -3.39. The zero-order valence-corrected chi connectivity index (χ0v) is 16.9. The number of hydrogen-bond donors (Lipinski definition) is 1. The summed E-state index contributed by atoms with van der Waals surface area (Å²) in [7, 11) is -4.62. The topological polar surface area (TPSA) is 72.8 Å². The number of hydrogen-bond acceptors (Lipinski definition) is 5. The predicted octanol–water partition coefficient (Wildman–Crippen LogP) is 4.85. The average Bonchev–Trinajstić information content (AvgIpc) is 2.59. The standard InChI is InChI=1S/C19H27F2O5P/c1-14(2)25-18(23)16(4)13-27(24,26-17-8-6-5-7-9-17)19(20,21)11-10-15(3)12-22/h5-10,14,16,22H,11-13H2,1-4H3/b15-10+. The lowest BCUT2D eigenvalue weighted by Gasteiger charge is -2.29. The summed E-state index contributed by atoms with van der Waals surface area (Å²) in [5.74, 6) is -1.71. The fraction of sp³-hybridized carbons (Fsp3) is 0.526. The predicted molar refractivity (Wildman–Crippen MR) is 100 cm³/mol. The number of esters is 1. The van der Waals surface area contributed by atoms with Gasteiger partial charge in [-0.1, -0.05) is 36.8 Å². The lowest BCUT2D eigenvalue weighted by molar-refractivity contribution is -0.151. The molecule has 1 N–H and O–H groups in total. The van der Waals surface area contributed by atoms with Crippen molar-refractivity contribution in [3.8, 4) is 5.75 Å². The number of benzene rings is 1. The van der Waals surface area contributed by atoms with Crippen molar-refractivity contribution in [1.82, 2.24) is 0 Å². The van der Waals surface area contributed by atoms with Gasteiger partial charge in [-0.2, -0.15) is 8.78 Å². The number of aliphatic hydroxyl groups is 1. The summed E-state index contributed by atoms with van der Waals surface area (Å²) >= 11 is 0. The van der Waals surface area contributed by atoms with Crippen molar-refractivity contribution in [3.05, 3.63) is 42.0 Å². The van der Waals surface area contributed by atoms with E-state index in [4.69, 9.17) is 14.4 Å². The molecule has 2 unspecified atom stereocenters. The largest absolute Gasteiger partial charge is 0.463 e. The van der Waals surface area contributed by atoms with Gasteiger partial charge in [0, 0.05) is 6.42 Å². The van der Waals surface area contributed by atoms with Crippen LogP contribution in [0.15, 0.2) is 42.0 Å². The van der Waals surface area contributed by atoms with Crippen LogP contribution >= 0.6 is 7.37 Å². The van der Waals surface area contributed by atoms with Crippen LogP contribution in [0, 0.1) is 5.92 Å². The monoisotopic (exact) mass is 404 g/mol. The van der Waals surface area contributed by atoms with Crippen molar-refractivity contribution in [2.45, 2.75) is 45.9 Å². The molecule has 5 nitrogen and oxygen atoms in total. The number of alkyl halides is 2. The fourth-order valence-electron chi connectivity index (χ4n) is 2.17. The average molecular weight is 404 g/mol. The van der Waals surface area contributed by atoms with Crippen molar-refractivity contribution >= 4 is 13.3 Å². The van der Waals surface area contributed by atoms with Crippen LogP contribution in [0.1, 0.15) is 34.1 Å². The number of halogens is 2. The minimum absolute atomic E-state index is 0.0350. The Morgan fingerprint density at radius 3 is 2.37 bits per heavy atom. The van der Waals surface area contributed by atoms with E-state index in [-0.39, 0.29) is 12.4 Å². The zero-order valence-electron chi connectivity index (χ0n) is 16.0. The second-order valence-corrected chi connectivity index (χ2v) is 9.27. The van der Waals surface area contributed by atoms with E-state index in [1.54, 1.807) is 32.0 Å². The van der Waals surface area contributed by atoms with Crippen LogP contribution in [0.3, 0.4) is 0 Å². The van der Waals surface area contributed by atoms with E-state index in [1.807, 2.05) is 0 Å². The summed E-state index contributed by atoms with van der Waals surface area (Å²) in [6.07, 6.45) is -0.815. The Morgan fingerprint density at radius 1 is 1.26 bits per heavy atom. The number of aliphatic hydroxyl groups excluding tert-OH is 1. The Labute approximate surface area is 158 Å². The quantitative estimate of drug-likeness (QED) is 0.343. The van der Waals surface area contributed by atoms with Gasteiger partial charge in [0.15, 0.2) is 0 Å². The van der Waals surface area contributed by atoms with Gasteiger partial charge in [0.2, 0.25) is 0 Å². The summed E-state index contributed by atoms with van der Waals surface area (Å²) in [6.45, 7) is 5.78. The molecule has 1 aromatic rings. The van der Waals surface area contributed by atoms with Crippen LogP contribution < -0.4 is 4.52 Å². The fourth-order valence-corrected chi connectivity index (χ4v) is 4.35. The lowest BCUT2D eigenvalue weighted by Crippen LogP contribution is -2.28. The highest BCUT2D eigenvalue weighted by molar-refractivity contribution is 7.60. The van der Waals surface area contributed by atoms with Gasteiger partial charge in [-0.3, -0.25) is 9.36 Å². The van der Waals surface area contributed by atoms with Crippen molar-refractivity contribution in [3.63, 3.8) is 0 Å². The molecule has 0 amide bonds.